The minimum atomic E-state index is -0.440. The van der Waals surface area contributed by atoms with Gasteiger partial charge in [0.05, 0.1) is 23.8 Å². The molecule has 0 spiro atoms. The first-order valence-corrected chi connectivity index (χ1v) is 12.5. The molecule has 3 heterocycles. The number of piperidine rings is 1. The van der Waals surface area contributed by atoms with Crippen molar-refractivity contribution in [3.63, 3.8) is 0 Å². The lowest BCUT2D eigenvalue weighted by Crippen LogP contribution is -2.30. The van der Waals surface area contributed by atoms with Crippen molar-refractivity contribution in [3.8, 4) is 11.5 Å². The van der Waals surface area contributed by atoms with Crippen molar-refractivity contribution in [1.29, 1.82) is 0 Å². The Balaban J connectivity index is 1.31. The van der Waals surface area contributed by atoms with Gasteiger partial charge in [-0.1, -0.05) is 48.5 Å². The highest BCUT2D eigenvalue weighted by molar-refractivity contribution is 7.98. The van der Waals surface area contributed by atoms with Crippen LogP contribution >= 0.6 is 11.8 Å². The van der Waals surface area contributed by atoms with Crippen LogP contribution in [0.2, 0.25) is 0 Å². The van der Waals surface area contributed by atoms with Crippen molar-refractivity contribution in [2.45, 2.75) is 43.3 Å². The first kappa shape index (κ1) is 23.2. The fraction of sp³-hybridized carbons (Fsp3) is 0.333. The third-order valence-electron chi connectivity index (χ3n) is 5.91. The molecule has 11 heteroatoms. The Morgan fingerprint density at radius 3 is 2.43 bits per heavy atom. The molecule has 1 fully saturated rings. The van der Waals surface area contributed by atoms with E-state index in [9.17, 15) is 10.1 Å². The van der Waals surface area contributed by atoms with Crippen LogP contribution in [-0.2, 0) is 18.8 Å². The number of nitrogens with zero attached hydrogens (tertiary/aromatic N) is 7. The molecule has 1 aliphatic rings. The zero-order chi connectivity index (χ0) is 24.0. The summed E-state index contributed by atoms with van der Waals surface area (Å²) in [6.45, 7) is 3.66. The topological polar surface area (TPSA) is 116 Å². The average Bonchev–Trinajstić information content (AvgIpc) is 3.51. The lowest BCUT2D eigenvalue weighted by molar-refractivity contribution is -0.384. The van der Waals surface area contributed by atoms with E-state index in [1.165, 1.54) is 48.7 Å². The zero-order valence-corrected chi connectivity index (χ0v) is 19.9. The van der Waals surface area contributed by atoms with Gasteiger partial charge < -0.3 is 8.98 Å². The largest absolute Gasteiger partial charge is 0.420 e. The lowest BCUT2D eigenvalue weighted by Gasteiger charge is -2.26. The molecule has 0 radical (unpaired) electrons. The summed E-state index contributed by atoms with van der Waals surface area (Å²) in [7, 11) is 0. The van der Waals surface area contributed by atoms with Crippen LogP contribution in [0.1, 0.15) is 36.5 Å². The van der Waals surface area contributed by atoms with E-state index in [0.29, 0.717) is 29.6 Å². The maximum absolute atomic E-state index is 10.9. The number of aromatic nitrogens is 5. The molecule has 1 saturated heterocycles. The molecular weight excluding hydrogens is 466 g/mol. The van der Waals surface area contributed by atoms with E-state index in [1.807, 2.05) is 18.2 Å². The summed E-state index contributed by atoms with van der Waals surface area (Å²) in [6, 6.07) is 16.3. The van der Waals surface area contributed by atoms with Gasteiger partial charge in [-0.05, 0) is 43.6 Å². The molecule has 0 atom stereocenters. The van der Waals surface area contributed by atoms with Gasteiger partial charge >= 0.3 is 0 Å². The number of hydrogen-bond acceptors (Lipinski definition) is 9. The van der Waals surface area contributed by atoms with Gasteiger partial charge in [0.1, 0.15) is 5.82 Å². The summed E-state index contributed by atoms with van der Waals surface area (Å²) in [4.78, 5) is 12.9. The number of nitro benzene ring substituents is 1. The SMILES string of the molecule is O=[N+]([O-])c1ccc(-c2nnc(CSc3nnc(CN4CCCCC4)n3Cc3ccccc3)o2)cc1. The molecule has 2 aromatic carbocycles. The van der Waals surface area contributed by atoms with Gasteiger partial charge in [-0.2, -0.15) is 0 Å². The van der Waals surface area contributed by atoms with E-state index in [-0.39, 0.29) is 5.69 Å². The summed E-state index contributed by atoms with van der Waals surface area (Å²) < 4.78 is 7.97. The summed E-state index contributed by atoms with van der Waals surface area (Å²) in [6.07, 6.45) is 3.74. The Labute approximate surface area is 206 Å². The van der Waals surface area contributed by atoms with Crippen LogP contribution in [0.5, 0.6) is 0 Å². The Morgan fingerprint density at radius 1 is 0.914 bits per heavy atom. The second-order valence-corrected chi connectivity index (χ2v) is 9.34. The van der Waals surface area contributed by atoms with Crippen LogP contribution < -0.4 is 0 Å². The van der Waals surface area contributed by atoms with E-state index in [4.69, 9.17) is 4.42 Å². The molecule has 5 rings (SSSR count). The Hall–Kier alpha value is -3.57. The monoisotopic (exact) mass is 491 g/mol. The molecule has 0 N–H and O–H groups in total. The molecule has 2 aromatic heterocycles. The number of thioether (sulfide) groups is 1. The fourth-order valence-electron chi connectivity index (χ4n) is 4.07. The second kappa shape index (κ2) is 10.8. The number of benzene rings is 2. The average molecular weight is 492 g/mol. The van der Waals surface area contributed by atoms with E-state index in [0.717, 1.165) is 30.6 Å². The highest BCUT2D eigenvalue weighted by Gasteiger charge is 2.19. The molecule has 35 heavy (non-hydrogen) atoms. The summed E-state index contributed by atoms with van der Waals surface area (Å²) in [5, 5.41) is 28.9. The first-order valence-electron chi connectivity index (χ1n) is 11.5. The first-order chi connectivity index (χ1) is 17.2. The third kappa shape index (κ3) is 5.75. The zero-order valence-electron chi connectivity index (χ0n) is 19.1. The van der Waals surface area contributed by atoms with Gasteiger partial charge in [0.15, 0.2) is 5.16 Å². The smallest absolute Gasteiger partial charge is 0.269 e. The molecule has 0 bridgehead atoms. The van der Waals surface area contributed by atoms with E-state index in [1.54, 1.807) is 12.1 Å². The lowest BCUT2D eigenvalue weighted by atomic mass is 10.1. The van der Waals surface area contributed by atoms with Gasteiger partial charge in [0, 0.05) is 17.7 Å². The maximum atomic E-state index is 10.9. The van der Waals surface area contributed by atoms with Crippen molar-refractivity contribution in [2.75, 3.05) is 13.1 Å². The van der Waals surface area contributed by atoms with Gasteiger partial charge in [-0.25, -0.2) is 0 Å². The van der Waals surface area contributed by atoms with E-state index >= 15 is 0 Å². The van der Waals surface area contributed by atoms with Gasteiger partial charge in [-0.3, -0.25) is 15.0 Å². The molecule has 10 nitrogen and oxygen atoms in total. The molecule has 1 aliphatic heterocycles. The van der Waals surface area contributed by atoms with Gasteiger partial charge in [0.25, 0.3) is 5.69 Å². The number of nitro groups is 1. The van der Waals surface area contributed by atoms with Gasteiger partial charge in [0.2, 0.25) is 11.8 Å². The molecule has 180 valence electrons. The Kier molecular flexibility index (Phi) is 7.15. The molecule has 0 amide bonds. The highest BCUT2D eigenvalue weighted by Crippen LogP contribution is 2.26. The standard InChI is InChI=1S/C24H25N7O3S/c32-31(33)20-11-9-19(10-12-20)23-27-26-22(34-23)17-35-24-28-25-21(16-29-13-5-2-6-14-29)30(24)15-18-7-3-1-4-8-18/h1,3-4,7-12H,2,5-6,13-17H2. The van der Waals surface area contributed by atoms with Crippen LogP contribution in [0.25, 0.3) is 11.5 Å². The summed E-state index contributed by atoms with van der Waals surface area (Å²) >= 11 is 1.50. The van der Waals surface area contributed by atoms with Crippen LogP contribution in [-0.4, -0.2) is 47.9 Å². The molecule has 0 unspecified atom stereocenters. The minimum absolute atomic E-state index is 0.0159. The normalized spacial score (nSPS) is 14.3. The van der Waals surface area contributed by atoms with Crippen LogP contribution in [0.4, 0.5) is 5.69 Å². The van der Waals surface area contributed by atoms with Gasteiger partial charge in [-0.15, -0.1) is 20.4 Å². The van der Waals surface area contributed by atoms with Crippen LogP contribution in [0.15, 0.2) is 64.2 Å². The third-order valence-corrected chi connectivity index (χ3v) is 6.86. The van der Waals surface area contributed by atoms with Crippen molar-refractivity contribution in [2.24, 2.45) is 0 Å². The molecular formula is C24H25N7O3S. The van der Waals surface area contributed by atoms with E-state index < -0.39 is 4.92 Å². The quantitative estimate of drug-likeness (QED) is 0.189. The number of non-ortho nitro benzene ring substituents is 1. The van der Waals surface area contributed by atoms with Crippen LogP contribution in [0.3, 0.4) is 0 Å². The summed E-state index contributed by atoms with van der Waals surface area (Å²) in [5.41, 5.74) is 1.84. The fourth-order valence-corrected chi connectivity index (χ4v) is 4.86. The Bertz CT molecular complexity index is 1270. The van der Waals surface area contributed by atoms with Crippen molar-refractivity contribution < 1.29 is 9.34 Å². The minimum Gasteiger partial charge on any atom is -0.420 e. The highest BCUT2D eigenvalue weighted by atomic mass is 32.2. The van der Waals surface area contributed by atoms with Crippen molar-refractivity contribution >= 4 is 17.4 Å². The number of hydrogen-bond donors (Lipinski definition) is 0. The predicted molar refractivity (Wildman–Crippen MR) is 131 cm³/mol. The van der Waals surface area contributed by atoms with Crippen LogP contribution in [0, 0.1) is 10.1 Å². The Morgan fingerprint density at radius 2 is 1.69 bits per heavy atom. The molecule has 4 aromatic rings. The number of rotatable bonds is 9. The van der Waals surface area contributed by atoms with Crippen molar-refractivity contribution in [3.05, 3.63) is 82.0 Å². The molecule has 0 aliphatic carbocycles. The number of likely N-dealkylation sites (tertiary alicyclic amines) is 1. The summed E-state index contributed by atoms with van der Waals surface area (Å²) in [5.74, 6) is 2.17. The maximum Gasteiger partial charge on any atom is 0.269 e. The van der Waals surface area contributed by atoms with E-state index in [2.05, 4.69) is 42.0 Å². The predicted octanol–water partition coefficient (Wildman–Crippen LogP) is 4.56. The van der Waals surface area contributed by atoms with Crippen molar-refractivity contribution in [1.82, 2.24) is 29.9 Å². The molecule has 0 saturated carbocycles. The second-order valence-electron chi connectivity index (χ2n) is 8.40.